The molecule has 0 aliphatic carbocycles. The third kappa shape index (κ3) is 5.35. The molecule has 1 amide bonds. The molecule has 26 heavy (non-hydrogen) atoms. The lowest BCUT2D eigenvalue weighted by Crippen LogP contribution is -2.24. The van der Waals surface area contributed by atoms with Gasteiger partial charge in [-0.15, -0.1) is 0 Å². The number of amides is 1. The van der Waals surface area contributed by atoms with E-state index in [9.17, 15) is 14.7 Å². The Morgan fingerprint density at radius 1 is 1.23 bits per heavy atom. The molecule has 0 spiro atoms. The molecule has 6 nitrogen and oxygen atoms in total. The van der Waals surface area contributed by atoms with Gasteiger partial charge in [0.2, 0.25) is 5.91 Å². The highest BCUT2D eigenvalue weighted by Crippen LogP contribution is 2.37. The fourth-order valence-corrected chi connectivity index (χ4v) is 2.77. The van der Waals surface area contributed by atoms with Crippen molar-refractivity contribution in [3.8, 4) is 11.5 Å². The first-order chi connectivity index (χ1) is 12.4. The van der Waals surface area contributed by atoms with Crippen LogP contribution in [0.15, 0.2) is 52.6 Å². The Balaban J connectivity index is 2.30. The van der Waals surface area contributed by atoms with Crippen molar-refractivity contribution in [2.75, 3.05) is 7.11 Å². The molecule has 2 N–H and O–H groups in total. The number of carboxylic acid groups (broad SMARTS) is 1. The smallest absolute Gasteiger partial charge is 0.352 e. The van der Waals surface area contributed by atoms with Crippen LogP contribution in [0.3, 0.4) is 0 Å². The molecule has 0 aliphatic heterocycles. The number of methoxy groups -OCH3 is 1. The summed E-state index contributed by atoms with van der Waals surface area (Å²) in [6, 6.07) is 13.0. The highest BCUT2D eigenvalue weighted by atomic mass is 79.9. The molecule has 0 atom stereocenters. The standard InChI is InChI=1S/C19H18BrNO5/c1-12(22)21-16(19(23)24)9-14-8-15(20)18(17(10-14)25-2)26-11-13-6-4-3-5-7-13/h3-10H,11H2,1-2H3,(H,21,22)(H,23,24). The summed E-state index contributed by atoms with van der Waals surface area (Å²) in [5.41, 5.74) is 1.31. The van der Waals surface area contributed by atoms with Gasteiger partial charge in [-0.3, -0.25) is 4.79 Å². The predicted molar refractivity (Wildman–Crippen MR) is 101 cm³/mol. The Bertz CT molecular complexity index is 833. The Morgan fingerprint density at radius 2 is 1.92 bits per heavy atom. The average molecular weight is 420 g/mol. The SMILES string of the molecule is COc1cc(C=C(NC(C)=O)C(=O)O)cc(Br)c1OCc1ccccc1. The van der Waals surface area contributed by atoms with Gasteiger partial charge < -0.3 is 19.9 Å². The summed E-state index contributed by atoms with van der Waals surface area (Å²) in [7, 11) is 1.50. The van der Waals surface area contributed by atoms with E-state index in [0.29, 0.717) is 28.1 Å². The number of carboxylic acids is 1. The van der Waals surface area contributed by atoms with Crippen LogP contribution in [0.4, 0.5) is 0 Å². The van der Waals surface area contributed by atoms with Crippen molar-refractivity contribution < 1.29 is 24.2 Å². The van der Waals surface area contributed by atoms with Gasteiger partial charge in [-0.2, -0.15) is 0 Å². The summed E-state index contributed by atoms with van der Waals surface area (Å²) in [5, 5.41) is 11.5. The lowest BCUT2D eigenvalue weighted by Gasteiger charge is -2.14. The Hall–Kier alpha value is -2.80. The number of aliphatic carboxylic acids is 1. The number of benzene rings is 2. The molecule has 0 aromatic heterocycles. The first-order valence-corrected chi connectivity index (χ1v) is 8.47. The normalized spacial score (nSPS) is 11.0. The van der Waals surface area contributed by atoms with E-state index < -0.39 is 11.9 Å². The fraction of sp³-hybridized carbons (Fsp3) is 0.158. The zero-order chi connectivity index (χ0) is 19.1. The van der Waals surface area contributed by atoms with Crippen LogP contribution in [0.2, 0.25) is 0 Å². The van der Waals surface area contributed by atoms with Crippen molar-refractivity contribution >= 4 is 33.9 Å². The number of carbonyl (C=O) groups is 2. The number of ether oxygens (including phenoxy) is 2. The maximum absolute atomic E-state index is 11.3. The monoisotopic (exact) mass is 419 g/mol. The van der Waals surface area contributed by atoms with Crippen molar-refractivity contribution in [3.63, 3.8) is 0 Å². The van der Waals surface area contributed by atoms with Crippen LogP contribution in [0.1, 0.15) is 18.1 Å². The molecule has 2 aromatic rings. The number of nitrogens with one attached hydrogen (secondary N) is 1. The van der Waals surface area contributed by atoms with Crippen molar-refractivity contribution in [2.24, 2.45) is 0 Å². The highest BCUT2D eigenvalue weighted by molar-refractivity contribution is 9.10. The molecule has 0 saturated heterocycles. The zero-order valence-electron chi connectivity index (χ0n) is 14.3. The van der Waals surface area contributed by atoms with Crippen molar-refractivity contribution in [2.45, 2.75) is 13.5 Å². The second-order valence-corrected chi connectivity index (χ2v) is 6.21. The molecule has 7 heteroatoms. The zero-order valence-corrected chi connectivity index (χ0v) is 15.9. The van der Waals surface area contributed by atoms with E-state index in [-0.39, 0.29) is 5.70 Å². The van der Waals surface area contributed by atoms with Crippen LogP contribution in [-0.4, -0.2) is 24.1 Å². The third-order valence-electron chi connectivity index (χ3n) is 3.33. The van der Waals surface area contributed by atoms with Gasteiger partial charge in [0, 0.05) is 6.92 Å². The summed E-state index contributed by atoms with van der Waals surface area (Å²) in [6.45, 7) is 1.60. The van der Waals surface area contributed by atoms with Gasteiger partial charge in [0.1, 0.15) is 12.3 Å². The number of hydrogen-bond acceptors (Lipinski definition) is 4. The minimum atomic E-state index is -1.24. The van der Waals surface area contributed by atoms with Crippen molar-refractivity contribution in [1.82, 2.24) is 5.32 Å². The lowest BCUT2D eigenvalue weighted by molar-refractivity contribution is -0.134. The maximum Gasteiger partial charge on any atom is 0.352 e. The molecule has 0 saturated carbocycles. The Morgan fingerprint density at radius 3 is 2.50 bits per heavy atom. The Kier molecular flexibility index (Phi) is 6.80. The first-order valence-electron chi connectivity index (χ1n) is 7.67. The second kappa shape index (κ2) is 9.05. The van der Waals surface area contributed by atoms with E-state index in [1.54, 1.807) is 12.1 Å². The quantitative estimate of drug-likeness (QED) is 0.669. The van der Waals surface area contributed by atoms with Gasteiger partial charge in [-0.05, 0) is 45.3 Å². The molecule has 0 bridgehead atoms. The van der Waals surface area contributed by atoms with Crippen LogP contribution < -0.4 is 14.8 Å². The van der Waals surface area contributed by atoms with Crippen molar-refractivity contribution in [1.29, 1.82) is 0 Å². The van der Waals surface area contributed by atoms with Gasteiger partial charge in [-0.25, -0.2) is 4.79 Å². The highest BCUT2D eigenvalue weighted by Gasteiger charge is 2.14. The van der Waals surface area contributed by atoms with Crippen LogP contribution in [0.25, 0.3) is 6.08 Å². The van der Waals surface area contributed by atoms with E-state index in [1.807, 2.05) is 30.3 Å². The molecule has 136 valence electrons. The summed E-state index contributed by atoms with van der Waals surface area (Å²) in [4.78, 5) is 22.4. The van der Waals surface area contributed by atoms with Crippen LogP contribution >= 0.6 is 15.9 Å². The Labute approximate surface area is 159 Å². The van der Waals surface area contributed by atoms with Gasteiger partial charge in [-0.1, -0.05) is 30.3 Å². The topological polar surface area (TPSA) is 84.9 Å². The van der Waals surface area contributed by atoms with E-state index in [1.165, 1.54) is 20.1 Å². The number of rotatable bonds is 7. The first kappa shape index (κ1) is 19.5. The minimum absolute atomic E-state index is 0.232. The molecule has 0 radical (unpaired) electrons. The third-order valence-corrected chi connectivity index (χ3v) is 3.92. The summed E-state index contributed by atoms with van der Waals surface area (Å²) < 4.78 is 11.8. The van der Waals surface area contributed by atoms with Gasteiger partial charge in [0.15, 0.2) is 11.5 Å². The molecule has 2 aromatic carbocycles. The summed E-state index contributed by atoms with van der Waals surface area (Å²) in [6.07, 6.45) is 1.35. The average Bonchev–Trinajstić information content (AvgIpc) is 2.60. The van der Waals surface area contributed by atoms with Crippen molar-refractivity contribution in [3.05, 3.63) is 63.8 Å². The van der Waals surface area contributed by atoms with Crippen LogP contribution in [0.5, 0.6) is 11.5 Å². The molecule has 0 aliphatic rings. The fourth-order valence-electron chi connectivity index (χ4n) is 2.20. The van der Waals surface area contributed by atoms with Gasteiger partial charge >= 0.3 is 5.97 Å². The molecule has 0 heterocycles. The second-order valence-electron chi connectivity index (χ2n) is 5.35. The van der Waals surface area contributed by atoms with E-state index >= 15 is 0 Å². The number of hydrogen-bond donors (Lipinski definition) is 2. The van der Waals surface area contributed by atoms with Gasteiger partial charge in [0.25, 0.3) is 0 Å². The molecule has 0 unspecified atom stereocenters. The predicted octanol–water partition coefficient (Wildman–Crippen LogP) is 3.60. The number of halogens is 1. The van der Waals surface area contributed by atoms with Crippen LogP contribution in [0, 0.1) is 0 Å². The molecule has 0 fully saturated rings. The summed E-state index contributed by atoms with van der Waals surface area (Å²) >= 11 is 3.42. The molecular formula is C19H18BrNO5. The largest absolute Gasteiger partial charge is 0.493 e. The van der Waals surface area contributed by atoms with E-state index in [4.69, 9.17) is 9.47 Å². The van der Waals surface area contributed by atoms with E-state index in [0.717, 1.165) is 5.56 Å². The lowest BCUT2D eigenvalue weighted by atomic mass is 10.1. The number of carbonyl (C=O) groups excluding carboxylic acids is 1. The molecule has 2 rings (SSSR count). The maximum atomic E-state index is 11.3. The van der Waals surface area contributed by atoms with Crippen LogP contribution in [-0.2, 0) is 16.2 Å². The summed E-state index contributed by atoms with van der Waals surface area (Å²) in [5.74, 6) is -0.758. The minimum Gasteiger partial charge on any atom is -0.493 e. The van der Waals surface area contributed by atoms with Gasteiger partial charge in [0.05, 0.1) is 11.6 Å². The van der Waals surface area contributed by atoms with E-state index in [2.05, 4.69) is 21.2 Å². The molecular weight excluding hydrogens is 402 g/mol.